The van der Waals surface area contributed by atoms with Crippen molar-refractivity contribution in [3.63, 3.8) is 0 Å². The van der Waals surface area contributed by atoms with Crippen LogP contribution in [-0.4, -0.2) is 21.0 Å². The van der Waals surface area contributed by atoms with Crippen molar-refractivity contribution in [2.45, 2.75) is 13.0 Å². The largest absolute Gasteiger partial charge is 0.355 e. The maximum absolute atomic E-state index is 12.2. The quantitative estimate of drug-likeness (QED) is 0.800. The zero-order valence-corrected chi connectivity index (χ0v) is 11.9. The minimum Gasteiger partial charge on any atom is -0.355 e. The molecular weight excluding hydrogens is 280 g/mol. The molecule has 3 rings (SSSR count). The van der Waals surface area contributed by atoms with E-state index < -0.39 is 0 Å². The molecule has 0 aliphatic carbocycles. The van der Waals surface area contributed by atoms with Crippen molar-refractivity contribution < 1.29 is 9.32 Å². The molecule has 3 aromatic rings. The normalized spacial score (nSPS) is 11.9. The number of hydrogen-bond donors (Lipinski definition) is 1. The van der Waals surface area contributed by atoms with Crippen LogP contribution >= 0.6 is 0 Å². The van der Waals surface area contributed by atoms with Crippen molar-refractivity contribution in [3.05, 3.63) is 66.4 Å². The Kier molecular flexibility index (Phi) is 3.91. The van der Waals surface area contributed by atoms with E-state index in [1.807, 2.05) is 25.1 Å². The molecule has 3 heterocycles. The van der Waals surface area contributed by atoms with Crippen molar-refractivity contribution in [2.24, 2.45) is 0 Å². The molecule has 1 amide bonds. The summed E-state index contributed by atoms with van der Waals surface area (Å²) in [6, 6.07) is 8.81. The van der Waals surface area contributed by atoms with Crippen LogP contribution in [0.2, 0.25) is 0 Å². The molecule has 1 N–H and O–H groups in total. The SMILES string of the molecule is CC(NC(=O)c1cc(-c2cccnc2)on1)c1ccncc1. The maximum atomic E-state index is 12.2. The highest BCUT2D eigenvalue weighted by molar-refractivity contribution is 5.93. The minimum absolute atomic E-state index is 0.144. The summed E-state index contributed by atoms with van der Waals surface area (Å²) < 4.78 is 5.20. The first-order valence-corrected chi connectivity index (χ1v) is 6.82. The van der Waals surface area contributed by atoms with Gasteiger partial charge in [-0.2, -0.15) is 0 Å². The molecule has 0 aliphatic rings. The van der Waals surface area contributed by atoms with Crippen molar-refractivity contribution in [2.75, 3.05) is 0 Å². The summed E-state index contributed by atoms with van der Waals surface area (Å²) in [5.74, 6) is 0.220. The van der Waals surface area contributed by atoms with Crippen LogP contribution in [0.25, 0.3) is 11.3 Å². The molecule has 22 heavy (non-hydrogen) atoms. The van der Waals surface area contributed by atoms with Gasteiger partial charge in [-0.25, -0.2) is 0 Å². The molecule has 1 unspecified atom stereocenters. The maximum Gasteiger partial charge on any atom is 0.273 e. The highest BCUT2D eigenvalue weighted by Gasteiger charge is 2.16. The lowest BCUT2D eigenvalue weighted by Gasteiger charge is -2.12. The predicted molar refractivity (Wildman–Crippen MR) is 79.9 cm³/mol. The van der Waals surface area contributed by atoms with Gasteiger partial charge in [-0.3, -0.25) is 14.8 Å². The number of aromatic nitrogens is 3. The Hall–Kier alpha value is -3.02. The molecule has 0 aromatic carbocycles. The van der Waals surface area contributed by atoms with Gasteiger partial charge in [0.25, 0.3) is 5.91 Å². The monoisotopic (exact) mass is 294 g/mol. The van der Waals surface area contributed by atoms with Crippen LogP contribution < -0.4 is 5.32 Å². The summed E-state index contributed by atoms with van der Waals surface area (Å²) in [5.41, 5.74) is 1.98. The molecule has 0 fully saturated rings. The van der Waals surface area contributed by atoms with Crippen LogP contribution in [-0.2, 0) is 0 Å². The number of hydrogen-bond acceptors (Lipinski definition) is 5. The summed E-state index contributed by atoms with van der Waals surface area (Å²) in [5, 5.41) is 6.68. The third-order valence-corrected chi connectivity index (χ3v) is 3.24. The third-order valence-electron chi connectivity index (χ3n) is 3.24. The van der Waals surface area contributed by atoms with Gasteiger partial charge < -0.3 is 9.84 Å². The first-order valence-electron chi connectivity index (χ1n) is 6.82. The molecule has 6 nitrogen and oxygen atoms in total. The molecule has 3 aromatic heterocycles. The lowest BCUT2D eigenvalue weighted by molar-refractivity contribution is 0.0931. The van der Waals surface area contributed by atoms with Gasteiger partial charge in [0.2, 0.25) is 0 Å². The Balaban J connectivity index is 1.72. The molecule has 0 saturated carbocycles. The average molecular weight is 294 g/mol. The summed E-state index contributed by atoms with van der Waals surface area (Å²) >= 11 is 0. The van der Waals surface area contributed by atoms with E-state index in [0.717, 1.165) is 11.1 Å². The third kappa shape index (κ3) is 3.01. The van der Waals surface area contributed by atoms with Crippen LogP contribution in [0.4, 0.5) is 0 Å². The summed E-state index contributed by atoms with van der Waals surface area (Å²) in [4.78, 5) is 20.2. The van der Waals surface area contributed by atoms with E-state index in [-0.39, 0.29) is 17.6 Å². The number of rotatable bonds is 4. The lowest BCUT2D eigenvalue weighted by atomic mass is 10.1. The van der Waals surface area contributed by atoms with Crippen molar-refractivity contribution in [1.82, 2.24) is 20.4 Å². The summed E-state index contributed by atoms with van der Waals surface area (Å²) in [7, 11) is 0. The molecule has 0 saturated heterocycles. The van der Waals surface area contributed by atoms with Crippen LogP contribution in [0.3, 0.4) is 0 Å². The summed E-state index contributed by atoms with van der Waals surface area (Å²) in [6.07, 6.45) is 6.70. The summed E-state index contributed by atoms with van der Waals surface area (Å²) in [6.45, 7) is 1.90. The fourth-order valence-corrected chi connectivity index (χ4v) is 2.03. The second-order valence-electron chi connectivity index (χ2n) is 4.79. The van der Waals surface area contributed by atoms with E-state index in [4.69, 9.17) is 4.52 Å². The number of carbonyl (C=O) groups is 1. The van der Waals surface area contributed by atoms with E-state index in [1.165, 1.54) is 0 Å². The molecular formula is C16H14N4O2. The molecule has 1 atom stereocenters. The standard InChI is InChI=1S/C16H14N4O2/c1-11(12-4-7-17-8-5-12)19-16(21)14-9-15(22-20-14)13-3-2-6-18-10-13/h2-11H,1H3,(H,19,21). The number of pyridine rings is 2. The van der Waals surface area contributed by atoms with E-state index in [2.05, 4.69) is 20.4 Å². The average Bonchev–Trinajstić information content (AvgIpc) is 3.06. The van der Waals surface area contributed by atoms with Gasteiger partial charge in [0.15, 0.2) is 11.5 Å². The first-order chi connectivity index (χ1) is 10.7. The Morgan fingerprint density at radius 2 is 2.00 bits per heavy atom. The van der Waals surface area contributed by atoms with E-state index >= 15 is 0 Å². The Labute approximate surface area is 127 Å². The smallest absolute Gasteiger partial charge is 0.273 e. The molecule has 0 spiro atoms. The first kappa shape index (κ1) is 13.9. The lowest BCUT2D eigenvalue weighted by Crippen LogP contribution is -2.26. The number of carbonyl (C=O) groups excluding carboxylic acids is 1. The van der Waals surface area contributed by atoms with Gasteiger partial charge in [-0.15, -0.1) is 0 Å². The Morgan fingerprint density at radius 1 is 1.18 bits per heavy atom. The Morgan fingerprint density at radius 3 is 2.73 bits per heavy atom. The molecule has 110 valence electrons. The van der Waals surface area contributed by atoms with Crippen LogP contribution in [0, 0.1) is 0 Å². The van der Waals surface area contributed by atoms with E-state index in [1.54, 1.807) is 36.9 Å². The van der Waals surface area contributed by atoms with Gasteiger partial charge in [-0.1, -0.05) is 5.16 Å². The number of nitrogens with zero attached hydrogens (tertiary/aromatic N) is 3. The van der Waals surface area contributed by atoms with Gasteiger partial charge in [0.05, 0.1) is 6.04 Å². The van der Waals surface area contributed by atoms with Crippen LogP contribution in [0.1, 0.15) is 29.0 Å². The van der Waals surface area contributed by atoms with Crippen molar-refractivity contribution in [3.8, 4) is 11.3 Å². The minimum atomic E-state index is -0.289. The molecule has 0 radical (unpaired) electrons. The van der Waals surface area contributed by atoms with E-state index in [9.17, 15) is 4.79 Å². The molecule has 6 heteroatoms. The second kappa shape index (κ2) is 6.17. The van der Waals surface area contributed by atoms with Gasteiger partial charge in [-0.05, 0) is 36.8 Å². The van der Waals surface area contributed by atoms with Crippen LogP contribution in [0.5, 0.6) is 0 Å². The Bertz CT molecular complexity index is 756. The number of nitrogens with one attached hydrogen (secondary N) is 1. The van der Waals surface area contributed by atoms with Gasteiger partial charge >= 0.3 is 0 Å². The fraction of sp³-hybridized carbons (Fsp3) is 0.125. The highest BCUT2D eigenvalue weighted by Crippen LogP contribution is 2.19. The second-order valence-corrected chi connectivity index (χ2v) is 4.79. The number of amides is 1. The van der Waals surface area contributed by atoms with E-state index in [0.29, 0.717) is 5.76 Å². The molecule has 0 aliphatic heterocycles. The van der Waals surface area contributed by atoms with Crippen molar-refractivity contribution >= 4 is 5.91 Å². The highest BCUT2D eigenvalue weighted by atomic mass is 16.5. The zero-order chi connectivity index (χ0) is 15.4. The predicted octanol–water partition coefficient (Wildman–Crippen LogP) is 2.62. The molecule has 0 bridgehead atoms. The van der Waals surface area contributed by atoms with Crippen molar-refractivity contribution in [1.29, 1.82) is 0 Å². The topological polar surface area (TPSA) is 80.9 Å². The fourth-order valence-electron chi connectivity index (χ4n) is 2.03. The van der Waals surface area contributed by atoms with Gasteiger partial charge in [0.1, 0.15) is 0 Å². The van der Waals surface area contributed by atoms with Gasteiger partial charge in [0, 0.05) is 36.4 Å². The van der Waals surface area contributed by atoms with Crippen LogP contribution in [0.15, 0.2) is 59.6 Å². The zero-order valence-electron chi connectivity index (χ0n) is 11.9.